The van der Waals surface area contributed by atoms with Gasteiger partial charge in [-0.1, -0.05) is 13.0 Å². The molecular weight excluding hydrogens is 218 g/mol. The molecule has 0 radical (unpaired) electrons. The third-order valence-corrected chi connectivity index (χ3v) is 2.15. The topological polar surface area (TPSA) is 52.4 Å². The highest BCUT2D eigenvalue weighted by Gasteiger charge is 2.14. The molecule has 1 rings (SSSR count). The third kappa shape index (κ3) is 3.09. The normalized spacial score (nSPS) is 10.0. The number of ether oxygens (including phenoxy) is 1. The first-order chi connectivity index (χ1) is 7.19. The molecule has 0 atom stereocenters. The van der Waals surface area contributed by atoms with Gasteiger partial charge in [-0.3, -0.25) is 10.1 Å². The number of hydrogen-bond acceptors (Lipinski definition) is 3. The number of nitro benzene ring substituents is 1. The van der Waals surface area contributed by atoms with Crippen molar-refractivity contribution in [3.05, 3.63) is 33.9 Å². The number of nitro groups is 1. The molecule has 82 valence electrons. The van der Waals surface area contributed by atoms with E-state index in [1.165, 1.54) is 6.07 Å². The average Bonchev–Trinajstić information content (AvgIpc) is 2.25. The fourth-order valence-electron chi connectivity index (χ4n) is 1.12. The Bertz CT molecular complexity index is 355. The van der Waals surface area contributed by atoms with Crippen molar-refractivity contribution in [2.75, 3.05) is 6.61 Å². The molecule has 1 aromatic rings. The van der Waals surface area contributed by atoms with E-state index in [4.69, 9.17) is 16.3 Å². The first-order valence-corrected chi connectivity index (χ1v) is 5.18. The summed E-state index contributed by atoms with van der Waals surface area (Å²) in [6.07, 6.45) is 0.808. The average molecular weight is 230 g/mol. The van der Waals surface area contributed by atoms with Crippen LogP contribution in [0.1, 0.15) is 18.9 Å². The molecule has 15 heavy (non-hydrogen) atoms. The van der Waals surface area contributed by atoms with Crippen molar-refractivity contribution in [2.45, 2.75) is 19.2 Å². The molecule has 0 fully saturated rings. The maximum absolute atomic E-state index is 10.7. The summed E-state index contributed by atoms with van der Waals surface area (Å²) in [6.45, 7) is 2.41. The van der Waals surface area contributed by atoms with Crippen molar-refractivity contribution in [3.63, 3.8) is 0 Å². The summed E-state index contributed by atoms with van der Waals surface area (Å²) in [6, 6.07) is 4.66. The minimum Gasteiger partial charge on any atom is -0.487 e. The van der Waals surface area contributed by atoms with Gasteiger partial charge in [-0.25, -0.2) is 0 Å². The Morgan fingerprint density at radius 3 is 2.80 bits per heavy atom. The maximum Gasteiger partial charge on any atom is 0.310 e. The Kier molecular flexibility index (Phi) is 4.37. The summed E-state index contributed by atoms with van der Waals surface area (Å²) >= 11 is 5.64. The van der Waals surface area contributed by atoms with E-state index in [1.807, 2.05) is 6.92 Å². The molecular formula is C10H12ClNO3. The lowest BCUT2D eigenvalue weighted by molar-refractivity contribution is -0.385. The molecule has 4 nitrogen and oxygen atoms in total. The molecule has 1 aromatic carbocycles. The summed E-state index contributed by atoms with van der Waals surface area (Å²) in [5.74, 6) is 0.612. The van der Waals surface area contributed by atoms with E-state index in [0.717, 1.165) is 12.0 Å². The number of halogens is 1. The number of alkyl halides is 1. The zero-order valence-corrected chi connectivity index (χ0v) is 9.16. The van der Waals surface area contributed by atoms with Crippen LogP contribution in [0.2, 0.25) is 0 Å². The van der Waals surface area contributed by atoms with E-state index >= 15 is 0 Å². The fraction of sp³-hybridized carbons (Fsp3) is 0.400. The van der Waals surface area contributed by atoms with Gasteiger partial charge in [0.2, 0.25) is 0 Å². The third-order valence-electron chi connectivity index (χ3n) is 1.84. The van der Waals surface area contributed by atoms with E-state index in [2.05, 4.69) is 0 Å². The molecule has 0 N–H and O–H groups in total. The maximum atomic E-state index is 10.7. The van der Waals surface area contributed by atoms with Gasteiger partial charge in [0.15, 0.2) is 5.75 Å². The van der Waals surface area contributed by atoms with Gasteiger partial charge in [0.05, 0.1) is 11.5 Å². The highest BCUT2D eigenvalue weighted by Crippen LogP contribution is 2.28. The van der Waals surface area contributed by atoms with Crippen LogP contribution in [0.3, 0.4) is 0 Å². The van der Waals surface area contributed by atoms with E-state index in [1.54, 1.807) is 12.1 Å². The second kappa shape index (κ2) is 5.56. The molecule has 0 heterocycles. The van der Waals surface area contributed by atoms with Crippen LogP contribution in [0.15, 0.2) is 18.2 Å². The predicted molar refractivity (Wildman–Crippen MR) is 58.4 cm³/mol. The molecule has 0 spiro atoms. The molecule has 0 aliphatic rings. The minimum absolute atomic E-state index is 0.0164. The monoisotopic (exact) mass is 229 g/mol. The van der Waals surface area contributed by atoms with Crippen LogP contribution in [0, 0.1) is 10.1 Å². The molecule has 0 aromatic heterocycles. The highest BCUT2D eigenvalue weighted by molar-refractivity contribution is 6.17. The van der Waals surface area contributed by atoms with Crippen LogP contribution in [0.4, 0.5) is 5.69 Å². The Balaban J connectivity index is 2.99. The summed E-state index contributed by atoms with van der Waals surface area (Å²) in [4.78, 5) is 10.2. The first kappa shape index (κ1) is 11.8. The van der Waals surface area contributed by atoms with Gasteiger partial charge in [0, 0.05) is 11.9 Å². The van der Waals surface area contributed by atoms with Crippen LogP contribution >= 0.6 is 11.6 Å². The molecule has 0 amide bonds. The number of rotatable bonds is 5. The summed E-state index contributed by atoms with van der Waals surface area (Å²) in [7, 11) is 0. The van der Waals surface area contributed by atoms with Gasteiger partial charge in [-0.2, -0.15) is 0 Å². The van der Waals surface area contributed by atoms with Gasteiger partial charge in [0.25, 0.3) is 0 Å². The van der Waals surface area contributed by atoms with Crippen molar-refractivity contribution < 1.29 is 9.66 Å². The quantitative estimate of drug-likeness (QED) is 0.443. The van der Waals surface area contributed by atoms with Crippen molar-refractivity contribution in [1.29, 1.82) is 0 Å². The van der Waals surface area contributed by atoms with Gasteiger partial charge in [0.1, 0.15) is 0 Å². The summed E-state index contributed by atoms with van der Waals surface area (Å²) in [5, 5.41) is 10.7. The Morgan fingerprint density at radius 2 is 2.27 bits per heavy atom. The first-order valence-electron chi connectivity index (χ1n) is 4.65. The Labute approximate surface area is 93.0 Å². The molecule has 0 bridgehead atoms. The Morgan fingerprint density at radius 1 is 1.53 bits per heavy atom. The second-order valence-electron chi connectivity index (χ2n) is 3.04. The van der Waals surface area contributed by atoms with Crippen LogP contribution < -0.4 is 4.74 Å². The van der Waals surface area contributed by atoms with E-state index < -0.39 is 4.92 Å². The molecule has 0 aliphatic carbocycles. The fourth-order valence-corrected chi connectivity index (χ4v) is 1.29. The van der Waals surface area contributed by atoms with E-state index in [-0.39, 0.29) is 5.69 Å². The van der Waals surface area contributed by atoms with Crippen LogP contribution in [0.5, 0.6) is 5.75 Å². The van der Waals surface area contributed by atoms with Crippen molar-refractivity contribution in [1.82, 2.24) is 0 Å². The minimum atomic E-state index is -0.455. The lowest BCUT2D eigenvalue weighted by Gasteiger charge is -2.06. The second-order valence-corrected chi connectivity index (χ2v) is 3.31. The number of hydrogen-bond donors (Lipinski definition) is 0. The van der Waals surface area contributed by atoms with Crippen LogP contribution in [-0.4, -0.2) is 11.5 Å². The van der Waals surface area contributed by atoms with Gasteiger partial charge in [-0.05, 0) is 18.1 Å². The molecule has 5 heteroatoms. The Hall–Kier alpha value is -1.29. The van der Waals surface area contributed by atoms with Crippen molar-refractivity contribution >= 4 is 17.3 Å². The zero-order valence-electron chi connectivity index (χ0n) is 8.40. The van der Waals surface area contributed by atoms with Crippen LogP contribution in [-0.2, 0) is 5.88 Å². The molecule has 0 saturated heterocycles. The molecule has 0 aliphatic heterocycles. The number of benzene rings is 1. The van der Waals surface area contributed by atoms with Gasteiger partial charge < -0.3 is 4.74 Å². The summed E-state index contributed by atoms with van der Waals surface area (Å²) < 4.78 is 5.29. The lowest BCUT2D eigenvalue weighted by Crippen LogP contribution is -2.00. The van der Waals surface area contributed by atoms with Crippen molar-refractivity contribution in [3.8, 4) is 5.75 Å². The largest absolute Gasteiger partial charge is 0.487 e. The smallest absolute Gasteiger partial charge is 0.310 e. The van der Waals surface area contributed by atoms with Gasteiger partial charge in [-0.15, -0.1) is 11.6 Å². The predicted octanol–water partition coefficient (Wildman–Crippen LogP) is 3.12. The van der Waals surface area contributed by atoms with E-state index in [9.17, 15) is 10.1 Å². The number of nitrogens with zero attached hydrogens (tertiary/aromatic N) is 1. The van der Waals surface area contributed by atoms with Crippen LogP contribution in [0.25, 0.3) is 0 Å². The zero-order chi connectivity index (χ0) is 11.3. The lowest BCUT2D eigenvalue weighted by atomic mass is 10.2. The van der Waals surface area contributed by atoms with Gasteiger partial charge >= 0.3 is 5.69 Å². The molecule has 0 saturated carbocycles. The summed E-state index contributed by atoms with van der Waals surface area (Å²) in [5.41, 5.74) is 0.797. The molecule has 0 unspecified atom stereocenters. The van der Waals surface area contributed by atoms with Crippen molar-refractivity contribution in [2.24, 2.45) is 0 Å². The standard InChI is InChI=1S/C10H12ClNO3/c1-2-5-15-10-6-8(7-11)3-4-9(10)12(13)14/h3-4,6H,2,5,7H2,1H3. The SMILES string of the molecule is CCCOc1cc(CCl)ccc1[N+](=O)[O-]. The highest BCUT2D eigenvalue weighted by atomic mass is 35.5. The van der Waals surface area contributed by atoms with E-state index in [0.29, 0.717) is 18.2 Å².